The molecule has 0 aliphatic rings. The van der Waals surface area contributed by atoms with Crippen molar-refractivity contribution >= 4 is 46.1 Å². The first-order valence-corrected chi connectivity index (χ1v) is 8.21. The quantitative estimate of drug-likeness (QED) is 0.560. The van der Waals surface area contributed by atoms with Crippen molar-refractivity contribution in [2.75, 3.05) is 29.1 Å². The lowest BCUT2D eigenvalue weighted by Gasteiger charge is -1.99. The summed E-state index contributed by atoms with van der Waals surface area (Å²) in [5.74, 6) is 2.15. The number of nitrogens with zero attached hydrogens (tertiary/aromatic N) is 2. The van der Waals surface area contributed by atoms with Gasteiger partial charge in [0.25, 0.3) is 0 Å². The smallest absolute Gasteiger partial charge is 0.236 e. The molecule has 0 saturated carbocycles. The summed E-state index contributed by atoms with van der Waals surface area (Å²) in [5.41, 5.74) is 5.34. The van der Waals surface area contributed by atoms with Crippen molar-refractivity contribution in [3.8, 4) is 0 Å². The van der Waals surface area contributed by atoms with Crippen LogP contribution in [0.1, 0.15) is 13.3 Å². The largest absolute Gasteiger partial charge is 0.330 e. The molecule has 0 atom stereocenters. The molecule has 0 aliphatic heterocycles. The monoisotopic (exact) mass is 292 g/mol. The van der Waals surface area contributed by atoms with Gasteiger partial charge in [0.15, 0.2) is 0 Å². The van der Waals surface area contributed by atoms with Gasteiger partial charge in [0.1, 0.15) is 0 Å². The van der Waals surface area contributed by atoms with Crippen molar-refractivity contribution in [2.45, 2.75) is 18.5 Å². The molecule has 8 heteroatoms. The van der Waals surface area contributed by atoms with Crippen molar-refractivity contribution in [3.63, 3.8) is 0 Å². The van der Waals surface area contributed by atoms with Crippen LogP contribution in [0.3, 0.4) is 0 Å². The Kier molecular flexibility index (Phi) is 7.58. The van der Waals surface area contributed by atoms with Gasteiger partial charge >= 0.3 is 0 Å². The van der Waals surface area contributed by atoms with Crippen LogP contribution in [-0.2, 0) is 4.79 Å². The van der Waals surface area contributed by atoms with Crippen LogP contribution < -0.4 is 11.1 Å². The van der Waals surface area contributed by atoms with E-state index in [1.807, 2.05) is 0 Å². The minimum absolute atomic E-state index is 0.0494. The standard InChI is InChI=1S/C9H16N4OS3/c1-2-4-16-9-12-8(17-13-9)11-7(14)6-15-5-3-10/h2-6,10H2,1H3,(H,11,12,13,14). The van der Waals surface area contributed by atoms with Gasteiger partial charge in [-0.05, 0) is 6.42 Å². The first-order chi connectivity index (χ1) is 8.26. The fraction of sp³-hybridized carbons (Fsp3) is 0.667. The van der Waals surface area contributed by atoms with Crippen molar-refractivity contribution < 1.29 is 4.79 Å². The number of amides is 1. The van der Waals surface area contributed by atoms with Crippen molar-refractivity contribution in [2.24, 2.45) is 5.73 Å². The summed E-state index contributed by atoms with van der Waals surface area (Å²) in [6, 6.07) is 0. The lowest BCUT2D eigenvalue weighted by Crippen LogP contribution is -2.15. The van der Waals surface area contributed by atoms with E-state index in [1.54, 1.807) is 11.8 Å². The van der Waals surface area contributed by atoms with Crippen LogP contribution in [0, 0.1) is 0 Å². The van der Waals surface area contributed by atoms with Gasteiger partial charge in [0, 0.05) is 29.6 Å². The fourth-order valence-electron chi connectivity index (χ4n) is 0.916. The minimum atomic E-state index is -0.0494. The first kappa shape index (κ1) is 14.7. The van der Waals surface area contributed by atoms with Gasteiger partial charge in [-0.2, -0.15) is 21.1 Å². The molecule has 0 radical (unpaired) electrons. The maximum atomic E-state index is 11.5. The number of anilines is 1. The zero-order valence-electron chi connectivity index (χ0n) is 9.64. The summed E-state index contributed by atoms with van der Waals surface area (Å²) in [4.78, 5) is 15.7. The minimum Gasteiger partial charge on any atom is -0.330 e. The Bertz CT molecular complexity index is 345. The van der Waals surface area contributed by atoms with Gasteiger partial charge in [-0.1, -0.05) is 18.7 Å². The van der Waals surface area contributed by atoms with Gasteiger partial charge < -0.3 is 5.73 Å². The number of thioether (sulfide) groups is 2. The molecule has 0 aliphatic carbocycles. The van der Waals surface area contributed by atoms with Crippen LogP contribution >= 0.6 is 35.1 Å². The van der Waals surface area contributed by atoms with Crippen LogP contribution in [0.25, 0.3) is 0 Å². The van der Waals surface area contributed by atoms with Crippen LogP contribution in [0.2, 0.25) is 0 Å². The maximum Gasteiger partial charge on any atom is 0.236 e. The molecular weight excluding hydrogens is 276 g/mol. The number of aromatic nitrogens is 2. The third-order valence-electron chi connectivity index (χ3n) is 1.58. The highest BCUT2D eigenvalue weighted by molar-refractivity contribution is 8.00. The van der Waals surface area contributed by atoms with E-state index in [1.165, 1.54) is 23.3 Å². The number of hydrogen-bond donors (Lipinski definition) is 2. The van der Waals surface area contributed by atoms with E-state index in [0.29, 0.717) is 17.4 Å². The van der Waals surface area contributed by atoms with E-state index in [-0.39, 0.29) is 5.91 Å². The Labute approximate surface area is 114 Å². The van der Waals surface area contributed by atoms with Crippen LogP contribution in [0.5, 0.6) is 0 Å². The zero-order valence-corrected chi connectivity index (χ0v) is 12.1. The van der Waals surface area contributed by atoms with Crippen LogP contribution in [0.15, 0.2) is 5.16 Å². The highest BCUT2D eigenvalue weighted by Crippen LogP contribution is 2.20. The Hall–Kier alpha value is -0.310. The van der Waals surface area contributed by atoms with E-state index in [9.17, 15) is 4.79 Å². The fourth-order valence-corrected chi connectivity index (χ4v) is 2.90. The van der Waals surface area contributed by atoms with Gasteiger partial charge in [0.2, 0.25) is 16.2 Å². The van der Waals surface area contributed by atoms with Crippen molar-refractivity contribution in [1.29, 1.82) is 0 Å². The van der Waals surface area contributed by atoms with Gasteiger partial charge in [-0.25, -0.2) is 0 Å². The van der Waals surface area contributed by atoms with Gasteiger partial charge in [-0.3, -0.25) is 10.1 Å². The summed E-state index contributed by atoms with van der Waals surface area (Å²) in [7, 11) is 0. The number of hydrogen-bond acceptors (Lipinski definition) is 7. The van der Waals surface area contributed by atoms with Crippen molar-refractivity contribution in [1.82, 2.24) is 9.36 Å². The topological polar surface area (TPSA) is 80.9 Å². The van der Waals surface area contributed by atoms with E-state index in [0.717, 1.165) is 23.1 Å². The van der Waals surface area contributed by atoms with Crippen LogP contribution in [0.4, 0.5) is 5.13 Å². The normalized spacial score (nSPS) is 10.5. The lowest BCUT2D eigenvalue weighted by atomic mass is 10.6. The van der Waals surface area contributed by atoms with Gasteiger partial charge in [0.05, 0.1) is 5.75 Å². The second kappa shape index (κ2) is 8.73. The van der Waals surface area contributed by atoms with Crippen molar-refractivity contribution in [3.05, 3.63) is 0 Å². The highest BCUT2D eigenvalue weighted by Gasteiger charge is 2.07. The second-order valence-electron chi connectivity index (χ2n) is 3.12. The number of rotatable bonds is 8. The predicted molar refractivity (Wildman–Crippen MR) is 75.9 cm³/mol. The number of nitrogens with one attached hydrogen (secondary N) is 1. The molecular formula is C9H16N4OS3. The Morgan fingerprint density at radius 1 is 1.53 bits per heavy atom. The Balaban J connectivity index is 2.30. The molecule has 17 heavy (non-hydrogen) atoms. The Morgan fingerprint density at radius 2 is 2.35 bits per heavy atom. The van der Waals surface area contributed by atoms with E-state index < -0.39 is 0 Å². The lowest BCUT2D eigenvalue weighted by molar-refractivity contribution is -0.113. The molecule has 5 nitrogen and oxygen atoms in total. The molecule has 3 N–H and O–H groups in total. The maximum absolute atomic E-state index is 11.5. The van der Waals surface area contributed by atoms with E-state index in [2.05, 4.69) is 21.6 Å². The summed E-state index contributed by atoms with van der Waals surface area (Å²) in [6.07, 6.45) is 1.08. The summed E-state index contributed by atoms with van der Waals surface area (Å²) in [5, 5.41) is 4.04. The summed E-state index contributed by atoms with van der Waals surface area (Å²) in [6.45, 7) is 2.70. The van der Waals surface area contributed by atoms with Gasteiger partial charge in [-0.15, -0.1) is 0 Å². The van der Waals surface area contributed by atoms with E-state index >= 15 is 0 Å². The molecule has 1 rings (SSSR count). The SMILES string of the molecule is CCCSc1nsc(NC(=O)CSCCN)n1. The molecule has 96 valence electrons. The third-order valence-corrected chi connectivity index (χ3v) is 4.37. The molecule has 1 aromatic heterocycles. The third kappa shape index (κ3) is 6.25. The predicted octanol–water partition coefficient (Wildman–Crippen LogP) is 1.67. The number of carbonyl (C=O) groups excluding carboxylic acids is 1. The molecule has 1 aromatic rings. The molecule has 0 saturated heterocycles. The summed E-state index contributed by atoms with van der Waals surface area (Å²) < 4.78 is 4.16. The molecule has 0 fully saturated rings. The number of carbonyl (C=O) groups is 1. The first-order valence-electron chi connectivity index (χ1n) is 5.30. The average Bonchev–Trinajstić information content (AvgIpc) is 2.74. The Morgan fingerprint density at radius 3 is 3.06 bits per heavy atom. The molecule has 0 bridgehead atoms. The van der Waals surface area contributed by atoms with E-state index in [4.69, 9.17) is 5.73 Å². The molecule has 1 heterocycles. The molecule has 0 unspecified atom stereocenters. The molecule has 0 aromatic carbocycles. The molecule has 1 amide bonds. The van der Waals surface area contributed by atoms with Crippen LogP contribution in [-0.4, -0.2) is 39.1 Å². The average molecular weight is 292 g/mol. The highest BCUT2D eigenvalue weighted by atomic mass is 32.2. The number of nitrogens with two attached hydrogens (primary N) is 1. The second-order valence-corrected chi connectivity index (χ2v) is 6.04. The molecule has 0 spiro atoms. The zero-order chi connectivity index (χ0) is 12.5. The summed E-state index contributed by atoms with van der Waals surface area (Å²) >= 11 is 4.34.